The van der Waals surface area contributed by atoms with Gasteiger partial charge in [0.2, 0.25) is 0 Å². The molecule has 0 saturated heterocycles. The third-order valence-electron chi connectivity index (χ3n) is 2.23. The van der Waals surface area contributed by atoms with Crippen LogP contribution in [0.1, 0.15) is 5.56 Å². The van der Waals surface area contributed by atoms with E-state index in [1.165, 1.54) is 18.2 Å². The van der Waals surface area contributed by atoms with Crippen LogP contribution in [0.25, 0.3) is 6.08 Å². The molecule has 0 fully saturated rings. The van der Waals surface area contributed by atoms with Crippen LogP contribution in [0.5, 0.6) is 0 Å². The van der Waals surface area contributed by atoms with Crippen LogP contribution in [0, 0.1) is 0 Å². The molecule has 0 atom stereocenters. The van der Waals surface area contributed by atoms with Crippen molar-refractivity contribution in [2.75, 3.05) is 0 Å². The zero-order valence-electron chi connectivity index (χ0n) is 9.53. The van der Waals surface area contributed by atoms with E-state index < -0.39 is 19.7 Å². The van der Waals surface area contributed by atoms with Crippen molar-refractivity contribution in [2.24, 2.45) is 0 Å². The molecule has 0 aliphatic rings. The molecule has 0 aliphatic heterocycles. The number of benzene rings is 1. The molecule has 0 unspecified atom stereocenters. The number of rotatable bonds is 5. The third kappa shape index (κ3) is 2.77. The topological polar surface area (TPSA) is 68.3 Å². The van der Waals surface area contributed by atoms with Crippen molar-refractivity contribution in [2.45, 2.75) is 9.79 Å². The van der Waals surface area contributed by atoms with Gasteiger partial charge in [-0.25, -0.2) is 16.8 Å². The largest absolute Gasteiger partial charge is 0.219 e. The monoisotopic (exact) mass is 284 g/mol. The Labute approximate surface area is 107 Å². The van der Waals surface area contributed by atoms with Gasteiger partial charge in [-0.2, -0.15) is 0 Å². The maximum atomic E-state index is 11.7. The van der Waals surface area contributed by atoms with Crippen LogP contribution < -0.4 is 0 Å². The fraction of sp³-hybridized carbons (Fsp3) is 0. The highest BCUT2D eigenvalue weighted by atomic mass is 32.2. The van der Waals surface area contributed by atoms with Crippen molar-refractivity contribution in [1.82, 2.24) is 0 Å². The standard InChI is InChI=1S/C12H12O4S2/c1-4-10-7-11(17(13,14)5-2)9-12(8-10)18(15,16)6-3/h4-9H,1-3H2. The highest BCUT2D eigenvalue weighted by Gasteiger charge is 2.16. The first-order valence-corrected chi connectivity index (χ1v) is 7.88. The highest BCUT2D eigenvalue weighted by molar-refractivity contribution is 7.95. The Balaban J connectivity index is 3.70. The van der Waals surface area contributed by atoms with E-state index >= 15 is 0 Å². The van der Waals surface area contributed by atoms with E-state index in [-0.39, 0.29) is 9.79 Å². The molecule has 0 aliphatic carbocycles. The Hall–Kier alpha value is -1.66. The minimum atomic E-state index is -3.70. The Kier molecular flexibility index (Phi) is 3.93. The van der Waals surface area contributed by atoms with E-state index in [0.29, 0.717) is 5.56 Å². The third-order valence-corrected chi connectivity index (χ3v) is 4.90. The second-order valence-electron chi connectivity index (χ2n) is 3.37. The maximum absolute atomic E-state index is 11.7. The molecule has 0 spiro atoms. The summed E-state index contributed by atoms with van der Waals surface area (Å²) in [6, 6.07) is 3.72. The number of hydrogen-bond donors (Lipinski definition) is 0. The first-order chi connectivity index (χ1) is 8.26. The zero-order chi connectivity index (χ0) is 14.0. The molecule has 96 valence electrons. The first kappa shape index (κ1) is 14.4. The van der Waals surface area contributed by atoms with Crippen LogP contribution in [0.4, 0.5) is 0 Å². The molecular weight excluding hydrogens is 272 g/mol. The summed E-state index contributed by atoms with van der Waals surface area (Å²) in [6.45, 7) is 9.87. The Morgan fingerprint density at radius 3 is 1.44 bits per heavy atom. The smallest absolute Gasteiger partial charge is 0.199 e. The maximum Gasteiger partial charge on any atom is 0.199 e. The molecule has 1 aromatic rings. The lowest BCUT2D eigenvalue weighted by Crippen LogP contribution is -2.01. The minimum Gasteiger partial charge on any atom is -0.219 e. The first-order valence-electron chi connectivity index (χ1n) is 4.79. The Morgan fingerprint density at radius 2 is 1.17 bits per heavy atom. The van der Waals surface area contributed by atoms with Gasteiger partial charge in [0.15, 0.2) is 19.7 Å². The van der Waals surface area contributed by atoms with Gasteiger partial charge in [0.25, 0.3) is 0 Å². The minimum absolute atomic E-state index is 0.143. The van der Waals surface area contributed by atoms with Crippen molar-refractivity contribution >= 4 is 25.8 Å². The van der Waals surface area contributed by atoms with Gasteiger partial charge in [-0.05, 0) is 23.8 Å². The molecule has 0 heterocycles. The normalized spacial score (nSPS) is 11.8. The summed E-state index contributed by atoms with van der Waals surface area (Å²) in [5.41, 5.74) is 0.387. The molecule has 0 bridgehead atoms. The van der Waals surface area contributed by atoms with E-state index in [4.69, 9.17) is 0 Å². The van der Waals surface area contributed by atoms with E-state index in [1.54, 1.807) is 0 Å². The Bertz CT molecular complexity index is 654. The molecule has 0 aromatic heterocycles. The lowest BCUT2D eigenvalue weighted by Gasteiger charge is -2.05. The van der Waals surface area contributed by atoms with E-state index in [9.17, 15) is 16.8 Å². The molecule has 6 heteroatoms. The van der Waals surface area contributed by atoms with Gasteiger partial charge in [0.1, 0.15) is 0 Å². The lowest BCUT2D eigenvalue weighted by molar-refractivity contribution is 0.603. The molecule has 0 radical (unpaired) electrons. The second-order valence-corrected chi connectivity index (χ2v) is 7.15. The summed E-state index contributed by atoms with van der Waals surface area (Å²) in [4.78, 5) is -0.286. The molecule has 0 N–H and O–H groups in total. The van der Waals surface area contributed by atoms with Gasteiger partial charge in [0, 0.05) is 10.8 Å². The lowest BCUT2D eigenvalue weighted by atomic mass is 10.2. The van der Waals surface area contributed by atoms with Gasteiger partial charge in [-0.15, -0.1) is 0 Å². The SMILES string of the molecule is C=Cc1cc(S(=O)(=O)C=C)cc(S(=O)(=O)C=C)c1. The molecule has 1 rings (SSSR count). The molecule has 0 saturated carbocycles. The molecule has 1 aromatic carbocycles. The predicted molar refractivity (Wildman–Crippen MR) is 71.3 cm³/mol. The van der Waals surface area contributed by atoms with Crippen molar-refractivity contribution < 1.29 is 16.8 Å². The summed E-state index contributed by atoms with van der Waals surface area (Å²) < 4.78 is 46.7. The predicted octanol–water partition coefficient (Wildman–Crippen LogP) is 2.16. The summed E-state index contributed by atoms with van der Waals surface area (Å²) in [6.07, 6.45) is 1.37. The van der Waals surface area contributed by atoms with Gasteiger partial charge in [-0.3, -0.25) is 0 Å². The van der Waals surface area contributed by atoms with E-state index in [0.717, 1.165) is 16.9 Å². The van der Waals surface area contributed by atoms with Gasteiger partial charge in [0.05, 0.1) is 9.79 Å². The summed E-state index contributed by atoms with van der Waals surface area (Å²) in [5, 5.41) is 1.53. The van der Waals surface area contributed by atoms with Gasteiger partial charge >= 0.3 is 0 Å². The van der Waals surface area contributed by atoms with E-state index in [2.05, 4.69) is 19.7 Å². The van der Waals surface area contributed by atoms with Crippen LogP contribution in [0.15, 0.2) is 58.5 Å². The fourth-order valence-corrected chi connectivity index (χ4v) is 2.88. The van der Waals surface area contributed by atoms with Gasteiger partial charge in [-0.1, -0.05) is 25.8 Å². The van der Waals surface area contributed by atoms with Crippen LogP contribution >= 0.6 is 0 Å². The van der Waals surface area contributed by atoms with Gasteiger partial charge < -0.3 is 0 Å². The molecule has 0 amide bonds. The summed E-state index contributed by atoms with van der Waals surface area (Å²) in [7, 11) is -7.41. The highest BCUT2D eigenvalue weighted by Crippen LogP contribution is 2.22. The van der Waals surface area contributed by atoms with Crippen molar-refractivity contribution in [3.05, 3.63) is 54.3 Å². The second kappa shape index (κ2) is 4.91. The fourth-order valence-electron chi connectivity index (χ4n) is 1.23. The summed E-state index contributed by atoms with van der Waals surface area (Å²) >= 11 is 0. The van der Waals surface area contributed by atoms with Crippen LogP contribution in [0.3, 0.4) is 0 Å². The van der Waals surface area contributed by atoms with Crippen molar-refractivity contribution in [1.29, 1.82) is 0 Å². The zero-order valence-corrected chi connectivity index (χ0v) is 11.2. The number of sulfone groups is 2. The average molecular weight is 284 g/mol. The van der Waals surface area contributed by atoms with Crippen LogP contribution in [-0.4, -0.2) is 16.8 Å². The molecule has 4 nitrogen and oxygen atoms in total. The van der Waals surface area contributed by atoms with Crippen molar-refractivity contribution in [3.8, 4) is 0 Å². The average Bonchev–Trinajstić information content (AvgIpc) is 2.38. The van der Waals surface area contributed by atoms with Crippen LogP contribution in [-0.2, 0) is 19.7 Å². The molecular formula is C12H12O4S2. The quantitative estimate of drug-likeness (QED) is 0.831. The van der Waals surface area contributed by atoms with Crippen molar-refractivity contribution in [3.63, 3.8) is 0 Å². The molecule has 18 heavy (non-hydrogen) atoms. The number of hydrogen-bond acceptors (Lipinski definition) is 4. The van der Waals surface area contributed by atoms with E-state index in [1.807, 2.05) is 0 Å². The summed E-state index contributed by atoms with van der Waals surface area (Å²) in [5.74, 6) is 0. The Morgan fingerprint density at radius 1 is 0.778 bits per heavy atom. The van der Waals surface area contributed by atoms with Crippen LogP contribution in [0.2, 0.25) is 0 Å².